The third-order valence-electron chi connectivity index (χ3n) is 3.93. The van der Waals surface area contributed by atoms with Crippen molar-refractivity contribution in [3.8, 4) is 22.6 Å². The van der Waals surface area contributed by atoms with Crippen molar-refractivity contribution >= 4 is 23.4 Å². The molecule has 0 saturated heterocycles. The number of aromatic nitrogens is 2. The summed E-state index contributed by atoms with van der Waals surface area (Å²) in [5.74, 6) is 0.856. The molecule has 1 N–H and O–H groups in total. The molecule has 2 aromatic carbocycles. The molecule has 28 heavy (non-hydrogen) atoms. The van der Waals surface area contributed by atoms with Gasteiger partial charge in [0.15, 0.2) is 0 Å². The molecule has 3 rings (SSSR count). The van der Waals surface area contributed by atoms with E-state index >= 15 is 0 Å². The Hall–Kier alpha value is -3.32. The van der Waals surface area contributed by atoms with Crippen LogP contribution in [-0.4, -0.2) is 30.3 Å². The average molecular weight is 400 g/mol. The summed E-state index contributed by atoms with van der Waals surface area (Å²) in [6, 6.07) is 10.7. The van der Waals surface area contributed by atoms with Crippen molar-refractivity contribution < 1.29 is 19.0 Å². The predicted octanol–water partition coefficient (Wildman–Crippen LogP) is 4.56. The van der Waals surface area contributed by atoms with Crippen LogP contribution in [0.25, 0.3) is 11.1 Å². The summed E-state index contributed by atoms with van der Waals surface area (Å²) in [6.45, 7) is 0.115. The van der Waals surface area contributed by atoms with Crippen LogP contribution in [0.2, 0.25) is 5.02 Å². The van der Waals surface area contributed by atoms with Crippen LogP contribution in [0.4, 0.5) is 10.5 Å². The molecule has 0 radical (unpaired) electrons. The lowest BCUT2D eigenvalue weighted by Gasteiger charge is -2.13. The fourth-order valence-corrected chi connectivity index (χ4v) is 2.74. The van der Waals surface area contributed by atoms with Gasteiger partial charge in [-0.15, -0.1) is 0 Å². The van der Waals surface area contributed by atoms with Gasteiger partial charge in [-0.2, -0.15) is 0 Å². The summed E-state index contributed by atoms with van der Waals surface area (Å²) in [5, 5.41) is 2.96. The summed E-state index contributed by atoms with van der Waals surface area (Å²) in [4.78, 5) is 20.1. The van der Waals surface area contributed by atoms with Crippen LogP contribution in [0.5, 0.6) is 11.5 Å². The smallest absolute Gasteiger partial charge is 0.412 e. The van der Waals surface area contributed by atoms with Gasteiger partial charge < -0.3 is 14.2 Å². The molecule has 0 unspecified atom stereocenters. The van der Waals surface area contributed by atoms with Crippen LogP contribution in [0.1, 0.15) is 5.56 Å². The Bertz CT molecular complexity index is 950. The number of carbonyl (C=O) groups excluding carboxylic acids is 1. The van der Waals surface area contributed by atoms with Gasteiger partial charge in [-0.3, -0.25) is 5.32 Å². The maximum atomic E-state index is 12.1. The number of nitrogens with one attached hydrogen (secondary N) is 1. The Morgan fingerprint density at radius 1 is 1.00 bits per heavy atom. The van der Waals surface area contributed by atoms with E-state index in [9.17, 15) is 4.79 Å². The molecule has 0 bridgehead atoms. The number of halogens is 1. The Balaban J connectivity index is 1.61. The monoisotopic (exact) mass is 399 g/mol. The van der Waals surface area contributed by atoms with E-state index in [2.05, 4.69) is 15.3 Å². The van der Waals surface area contributed by atoms with Gasteiger partial charge >= 0.3 is 6.09 Å². The molecule has 1 amide bonds. The van der Waals surface area contributed by atoms with Crippen LogP contribution in [0.15, 0.2) is 55.1 Å². The Morgan fingerprint density at radius 2 is 1.68 bits per heavy atom. The van der Waals surface area contributed by atoms with E-state index in [1.165, 1.54) is 26.6 Å². The summed E-state index contributed by atoms with van der Waals surface area (Å²) in [6.07, 6.45) is 4.33. The Labute approximate surface area is 167 Å². The highest BCUT2D eigenvalue weighted by Crippen LogP contribution is 2.35. The van der Waals surface area contributed by atoms with Crippen LogP contribution in [0, 0.1) is 0 Å². The fourth-order valence-electron chi connectivity index (χ4n) is 2.49. The first kappa shape index (κ1) is 19.4. The standard InChI is InChI=1S/C20H18ClN3O4/c1-26-18-8-19(27-2)17(7-16(18)21)24-20(25)28-11-13-3-5-14(6-4-13)15-9-22-12-23-10-15/h3-10,12H,11H2,1-2H3,(H,24,25). The molecule has 7 nitrogen and oxygen atoms in total. The molecule has 0 aliphatic rings. The molecular weight excluding hydrogens is 382 g/mol. The minimum Gasteiger partial charge on any atom is -0.495 e. The minimum absolute atomic E-state index is 0.115. The molecule has 1 heterocycles. The number of methoxy groups -OCH3 is 2. The van der Waals surface area contributed by atoms with Crippen molar-refractivity contribution in [2.24, 2.45) is 0 Å². The number of hydrogen-bond donors (Lipinski definition) is 1. The highest BCUT2D eigenvalue weighted by Gasteiger charge is 2.13. The second-order valence-corrected chi connectivity index (χ2v) is 6.12. The van der Waals surface area contributed by atoms with E-state index in [4.69, 9.17) is 25.8 Å². The van der Waals surface area contributed by atoms with Crippen LogP contribution < -0.4 is 14.8 Å². The number of benzene rings is 2. The molecular formula is C20H18ClN3O4. The largest absolute Gasteiger partial charge is 0.495 e. The zero-order valence-corrected chi connectivity index (χ0v) is 16.1. The lowest BCUT2D eigenvalue weighted by Crippen LogP contribution is -2.14. The number of nitrogens with zero attached hydrogens (tertiary/aromatic N) is 2. The van der Waals surface area contributed by atoms with Gasteiger partial charge in [-0.1, -0.05) is 35.9 Å². The quantitative estimate of drug-likeness (QED) is 0.654. The Morgan fingerprint density at radius 3 is 2.32 bits per heavy atom. The van der Waals surface area contributed by atoms with E-state index < -0.39 is 6.09 Å². The number of anilines is 1. The van der Waals surface area contributed by atoms with Crippen molar-refractivity contribution in [2.75, 3.05) is 19.5 Å². The van der Waals surface area contributed by atoms with E-state index in [1.54, 1.807) is 18.5 Å². The zero-order chi connectivity index (χ0) is 19.9. The van der Waals surface area contributed by atoms with Crippen molar-refractivity contribution in [1.29, 1.82) is 0 Å². The lowest BCUT2D eigenvalue weighted by atomic mass is 10.1. The maximum absolute atomic E-state index is 12.1. The third-order valence-corrected chi connectivity index (χ3v) is 4.22. The Kier molecular flexibility index (Phi) is 6.29. The number of carbonyl (C=O) groups is 1. The van der Waals surface area contributed by atoms with Crippen molar-refractivity contribution in [3.05, 3.63) is 65.7 Å². The van der Waals surface area contributed by atoms with Gasteiger partial charge in [0.05, 0.1) is 24.9 Å². The number of hydrogen-bond acceptors (Lipinski definition) is 6. The molecule has 0 aliphatic heterocycles. The minimum atomic E-state index is -0.625. The van der Waals surface area contributed by atoms with Gasteiger partial charge in [0.2, 0.25) is 0 Å². The zero-order valence-electron chi connectivity index (χ0n) is 15.3. The van der Waals surface area contributed by atoms with Crippen molar-refractivity contribution in [3.63, 3.8) is 0 Å². The third kappa shape index (κ3) is 4.69. The summed E-state index contributed by atoms with van der Waals surface area (Å²) in [5.41, 5.74) is 3.12. The highest BCUT2D eigenvalue weighted by atomic mass is 35.5. The van der Waals surface area contributed by atoms with Crippen LogP contribution >= 0.6 is 11.6 Å². The molecule has 8 heteroatoms. The first-order valence-corrected chi connectivity index (χ1v) is 8.68. The number of rotatable bonds is 6. The van der Waals surface area contributed by atoms with E-state index in [0.717, 1.165) is 16.7 Å². The van der Waals surface area contributed by atoms with E-state index in [-0.39, 0.29) is 6.61 Å². The van der Waals surface area contributed by atoms with Gasteiger partial charge in [0.25, 0.3) is 0 Å². The predicted molar refractivity (Wildman–Crippen MR) is 106 cm³/mol. The highest BCUT2D eigenvalue weighted by molar-refractivity contribution is 6.32. The van der Waals surface area contributed by atoms with Crippen LogP contribution in [-0.2, 0) is 11.3 Å². The number of amides is 1. The summed E-state index contributed by atoms with van der Waals surface area (Å²) in [7, 11) is 2.98. The average Bonchev–Trinajstić information content (AvgIpc) is 2.73. The summed E-state index contributed by atoms with van der Waals surface area (Å²) >= 11 is 6.10. The van der Waals surface area contributed by atoms with Gasteiger partial charge in [-0.25, -0.2) is 14.8 Å². The molecule has 0 atom stereocenters. The first-order chi connectivity index (χ1) is 13.6. The maximum Gasteiger partial charge on any atom is 0.412 e. The van der Waals surface area contributed by atoms with Crippen LogP contribution in [0.3, 0.4) is 0 Å². The lowest BCUT2D eigenvalue weighted by molar-refractivity contribution is 0.155. The summed E-state index contributed by atoms with van der Waals surface area (Å²) < 4.78 is 15.6. The van der Waals surface area contributed by atoms with Crippen molar-refractivity contribution in [1.82, 2.24) is 9.97 Å². The molecule has 1 aromatic heterocycles. The van der Waals surface area contributed by atoms with Crippen molar-refractivity contribution in [2.45, 2.75) is 6.61 Å². The molecule has 0 spiro atoms. The number of ether oxygens (including phenoxy) is 3. The van der Waals surface area contributed by atoms with E-state index in [1.807, 2.05) is 24.3 Å². The topological polar surface area (TPSA) is 82.6 Å². The molecule has 144 valence electrons. The van der Waals surface area contributed by atoms with Gasteiger partial charge in [-0.05, 0) is 17.2 Å². The first-order valence-electron chi connectivity index (χ1n) is 8.30. The van der Waals surface area contributed by atoms with E-state index in [0.29, 0.717) is 22.2 Å². The second kappa shape index (κ2) is 9.05. The fraction of sp³-hybridized carbons (Fsp3) is 0.150. The normalized spacial score (nSPS) is 10.2. The second-order valence-electron chi connectivity index (χ2n) is 5.71. The molecule has 0 fully saturated rings. The SMILES string of the molecule is COc1cc(OC)c(NC(=O)OCc2ccc(-c3cncnc3)cc2)cc1Cl. The molecule has 0 saturated carbocycles. The molecule has 0 aliphatic carbocycles. The van der Waals surface area contributed by atoms with Gasteiger partial charge in [0, 0.05) is 24.0 Å². The van der Waals surface area contributed by atoms with Gasteiger partial charge in [0.1, 0.15) is 24.4 Å². The molecule has 3 aromatic rings.